The van der Waals surface area contributed by atoms with Gasteiger partial charge in [-0.15, -0.1) is 0 Å². The number of hydrogen-bond donors (Lipinski definition) is 1. The fourth-order valence-corrected chi connectivity index (χ4v) is 4.80. The number of carbonyl (C=O) groups is 2. The third-order valence-corrected chi connectivity index (χ3v) is 6.95. The number of fused-ring (bicyclic) bond motifs is 1. The van der Waals surface area contributed by atoms with E-state index in [1.54, 1.807) is 39.0 Å². The first kappa shape index (κ1) is 25.8. The highest BCUT2D eigenvalue weighted by molar-refractivity contribution is 6.31. The van der Waals surface area contributed by atoms with Crippen molar-refractivity contribution in [1.82, 2.24) is 14.9 Å². The van der Waals surface area contributed by atoms with E-state index in [2.05, 4.69) is 15.3 Å². The minimum absolute atomic E-state index is 0.0316. The van der Waals surface area contributed by atoms with Gasteiger partial charge in [-0.3, -0.25) is 9.80 Å². The number of nitrogens with one attached hydrogen (secondary N) is 1. The lowest BCUT2D eigenvalue weighted by Gasteiger charge is -2.51. The van der Waals surface area contributed by atoms with E-state index in [1.165, 1.54) is 35.4 Å². The highest BCUT2D eigenvalue weighted by Gasteiger charge is 2.61. The minimum Gasteiger partial charge on any atom is -0.494 e. The Balaban J connectivity index is 1.46. The van der Waals surface area contributed by atoms with Crippen LogP contribution in [0.3, 0.4) is 0 Å². The Bertz CT molecular complexity index is 1450. The molecule has 0 radical (unpaired) electrons. The molecule has 2 unspecified atom stereocenters. The SMILES string of the molecule is COc1cc2ncnc(Nc3cccc(Cl)c3F)c2cc1N1CC2(CN(C(=O)OC(C)(C)C)C2C)OC1=O. The van der Waals surface area contributed by atoms with Crippen molar-refractivity contribution >= 4 is 51.9 Å². The number of halogens is 2. The van der Waals surface area contributed by atoms with Crippen LogP contribution in [-0.4, -0.2) is 64.5 Å². The van der Waals surface area contributed by atoms with Crippen molar-refractivity contribution < 1.29 is 28.2 Å². The van der Waals surface area contributed by atoms with E-state index in [9.17, 15) is 14.0 Å². The van der Waals surface area contributed by atoms with Crippen LogP contribution in [0, 0.1) is 5.82 Å². The van der Waals surface area contributed by atoms with Gasteiger partial charge in [0.25, 0.3) is 0 Å². The van der Waals surface area contributed by atoms with E-state index in [4.69, 9.17) is 25.8 Å². The maximum atomic E-state index is 14.6. The minimum atomic E-state index is -0.897. The number of amides is 2. The average molecular weight is 544 g/mol. The van der Waals surface area contributed by atoms with E-state index >= 15 is 0 Å². The Morgan fingerprint density at radius 2 is 2.03 bits per heavy atom. The van der Waals surface area contributed by atoms with Gasteiger partial charge in [-0.2, -0.15) is 0 Å². The number of aromatic nitrogens is 2. The highest BCUT2D eigenvalue weighted by Crippen LogP contribution is 2.44. The molecule has 2 amide bonds. The van der Waals surface area contributed by atoms with Crippen LogP contribution in [0.2, 0.25) is 5.02 Å². The zero-order valence-electron chi connectivity index (χ0n) is 21.5. The Kier molecular flexibility index (Phi) is 6.21. The molecule has 1 N–H and O–H groups in total. The number of anilines is 3. The van der Waals surface area contributed by atoms with Gasteiger partial charge in [0.1, 0.15) is 23.5 Å². The Hall–Kier alpha value is -3.86. The van der Waals surface area contributed by atoms with Gasteiger partial charge < -0.3 is 19.5 Å². The van der Waals surface area contributed by atoms with Crippen LogP contribution in [0.5, 0.6) is 5.75 Å². The molecule has 10 nitrogen and oxygen atoms in total. The summed E-state index contributed by atoms with van der Waals surface area (Å²) in [4.78, 5) is 37.2. The molecule has 2 aromatic carbocycles. The molecule has 12 heteroatoms. The summed E-state index contributed by atoms with van der Waals surface area (Å²) in [6.07, 6.45) is 0.298. The van der Waals surface area contributed by atoms with Gasteiger partial charge in [-0.05, 0) is 45.9 Å². The summed E-state index contributed by atoms with van der Waals surface area (Å²) in [5, 5.41) is 3.45. The standard InChI is InChI=1S/C26H27ClFN5O5/c1-14-26(11-32(14)23(34)37-25(2,3)4)12-33(24(35)38-26)19-9-15-18(10-20(19)36-5)29-13-30-22(15)31-17-8-6-7-16(27)21(17)28/h6-10,13-14H,11-12H2,1-5H3,(H,29,30,31). The van der Waals surface area contributed by atoms with Crippen molar-refractivity contribution in [2.45, 2.75) is 44.9 Å². The molecule has 38 heavy (non-hydrogen) atoms. The van der Waals surface area contributed by atoms with Gasteiger partial charge in [0.2, 0.25) is 0 Å². The molecule has 0 saturated carbocycles. The van der Waals surface area contributed by atoms with E-state index in [1.807, 2.05) is 6.92 Å². The quantitative estimate of drug-likeness (QED) is 0.459. The highest BCUT2D eigenvalue weighted by atomic mass is 35.5. The van der Waals surface area contributed by atoms with Crippen LogP contribution in [0.4, 0.5) is 31.2 Å². The summed E-state index contributed by atoms with van der Waals surface area (Å²) in [5.74, 6) is 0.0877. The van der Waals surface area contributed by atoms with Gasteiger partial charge in [0, 0.05) is 11.5 Å². The van der Waals surface area contributed by atoms with Gasteiger partial charge in [0.05, 0.1) is 48.2 Å². The smallest absolute Gasteiger partial charge is 0.415 e. The summed E-state index contributed by atoms with van der Waals surface area (Å²) in [6, 6.07) is 7.56. The van der Waals surface area contributed by atoms with Crippen LogP contribution in [-0.2, 0) is 9.47 Å². The molecule has 200 valence electrons. The van der Waals surface area contributed by atoms with E-state index in [-0.39, 0.29) is 23.8 Å². The van der Waals surface area contributed by atoms with E-state index in [0.29, 0.717) is 28.2 Å². The number of ether oxygens (including phenoxy) is 3. The number of methoxy groups -OCH3 is 1. The predicted molar refractivity (Wildman–Crippen MR) is 140 cm³/mol. The molecule has 2 aliphatic heterocycles. The molecule has 2 aliphatic rings. The fraction of sp³-hybridized carbons (Fsp3) is 0.385. The number of carbonyl (C=O) groups excluding carboxylic acids is 2. The summed E-state index contributed by atoms with van der Waals surface area (Å²) in [5.41, 5.74) is -0.459. The van der Waals surface area contributed by atoms with Crippen LogP contribution in [0.1, 0.15) is 27.7 Å². The van der Waals surface area contributed by atoms with Crippen LogP contribution >= 0.6 is 11.6 Å². The van der Waals surface area contributed by atoms with Crippen LogP contribution in [0.25, 0.3) is 10.9 Å². The summed E-state index contributed by atoms with van der Waals surface area (Å²) in [7, 11) is 1.49. The first-order valence-corrected chi connectivity index (χ1v) is 12.3. The zero-order chi connectivity index (χ0) is 27.4. The molecule has 0 aliphatic carbocycles. The van der Waals surface area contributed by atoms with Crippen LogP contribution in [0.15, 0.2) is 36.7 Å². The Morgan fingerprint density at radius 3 is 2.71 bits per heavy atom. The Labute approximate surface area is 223 Å². The third kappa shape index (κ3) is 4.40. The molecule has 5 rings (SSSR count). The number of benzene rings is 2. The molecule has 0 bridgehead atoms. The zero-order valence-corrected chi connectivity index (χ0v) is 22.3. The number of rotatable bonds is 4. The predicted octanol–water partition coefficient (Wildman–Crippen LogP) is 5.51. The van der Waals surface area contributed by atoms with E-state index < -0.39 is 35.2 Å². The molecular weight excluding hydrogens is 517 g/mol. The topological polar surface area (TPSA) is 106 Å². The van der Waals surface area contributed by atoms with Crippen molar-refractivity contribution in [1.29, 1.82) is 0 Å². The second-order valence-corrected chi connectivity index (χ2v) is 10.7. The molecule has 2 atom stereocenters. The van der Waals surface area contributed by atoms with Crippen LogP contribution < -0.4 is 15.0 Å². The fourth-order valence-electron chi connectivity index (χ4n) is 4.62. The van der Waals surface area contributed by atoms with Gasteiger partial charge >= 0.3 is 12.2 Å². The second kappa shape index (κ2) is 9.16. The lowest BCUT2D eigenvalue weighted by molar-refractivity contribution is -0.117. The largest absolute Gasteiger partial charge is 0.494 e. The normalized spacial score (nSPS) is 20.9. The first-order valence-electron chi connectivity index (χ1n) is 12.0. The van der Waals surface area contributed by atoms with Gasteiger partial charge in [0.15, 0.2) is 11.4 Å². The molecule has 2 fully saturated rings. The third-order valence-electron chi connectivity index (χ3n) is 6.66. The lowest BCUT2D eigenvalue weighted by atomic mass is 9.84. The average Bonchev–Trinajstić information content (AvgIpc) is 3.22. The molecule has 2 saturated heterocycles. The van der Waals surface area contributed by atoms with Gasteiger partial charge in [-0.1, -0.05) is 17.7 Å². The number of hydrogen-bond acceptors (Lipinski definition) is 8. The summed E-state index contributed by atoms with van der Waals surface area (Å²) >= 11 is 5.93. The van der Waals surface area contributed by atoms with Gasteiger partial charge in [-0.25, -0.2) is 23.9 Å². The Morgan fingerprint density at radius 1 is 1.26 bits per heavy atom. The van der Waals surface area contributed by atoms with Crippen molar-refractivity contribution in [2.24, 2.45) is 0 Å². The maximum absolute atomic E-state index is 14.6. The molecular formula is C26H27ClFN5O5. The molecule has 3 heterocycles. The summed E-state index contributed by atoms with van der Waals surface area (Å²) < 4.78 is 31.4. The molecule has 3 aromatic rings. The number of likely N-dealkylation sites (tertiary alicyclic amines) is 1. The summed E-state index contributed by atoms with van der Waals surface area (Å²) in [6.45, 7) is 7.59. The lowest BCUT2D eigenvalue weighted by Crippen LogP contribution is -2.72. The van der Waals surface area contributed by atoms with E-state index in [0.717, 1.165) is 0 Å². The first-order chi connectivity index (χ1) is 17.9. The number of nitrogens with zero attached hydrogens (tertiary/aromatic N) is 4. The maximum Gasteiger partial charge on any atom is 0.415 e. The second-order valence-electron chi connectivity index (χ2n) is 10.3. The molecule has 1 aromatic heterocycles. The monoisotopic (exact) mass is 543 g/mol. The molecule has 1 spiro atoms. The van der Waals surface area contributed by atoms with Crippen molar-refractivity contribution in [3.63, 3.8) is 0 Å². The van der Waals surface area contributed by atoms with Crippen molar-refractivity contribution in [2.75, 3.05) is 30.4 Å². The van der Waals surface area contributed by atoms with Crippen molar-refractivity contribution in [3.05, 3.63) is 47.5 Å². The van der Waals surface area contributed by atoms with Crippen molar-refractivity contribution in [3.8, 4) is 5.75 Å².